The third kappa shape index (κ3) is 3.30. The van der Waals surface area contributed by atoms with E-state index in [0.717, 1.165) is 0 Å². The molecule has 0 aliphatic heterocycles. The molecule has 9 heteroatoms. The van der Waals surface area contributed by atoms with Gasteiger partial charge in [-0.05, 0) is 6.07 Å². The number of hydrogen-bond acceptors (Lipinski definition) is 3. The van der Waals surface area contributed by atoms with Crippen molar-refractivity contribution < 1.29 is 26.0 Å². The van der Waals surface area contributed by atoms with Crippen LogP contribution in [0.2, 0.25) is 0 Å². The maximum Gasteiger partial charge on any atom is 0.251 e. The van der Waals surface area contributed by atoms with E-state index >= 15 is 0 Å². The Bertz CT molecular complexity index is 519. The van der Waals surface area contributed by atoms with Gasteiger partial charge in [-0.15, -0.1) is 0 Å². The van der Waals surface area contributed by atoms with Gasteiger partial charge in [-0.3, -0.25) is 0 Å². The topological polar surface area (TPSA) is 72.2 Å². The minimum Gasteiger partial charge on any atom is -0.396 e. The van der Waals surface area contributed by atoms with Crippen LogP contribution in [0.15, 0.2) is 17.0 Å². The Hall–Kier alpha value is -1.35. The van der Waals surface area contributed by atoms with Gasteiger partial charge in [0.2, 0.25) is 10.0 Å². The molecule has 0 bridgehead atoms. The van der Waals surface area contributed by atoms with Crippen LogP contribution in [-0.4, -0.2) is 21.4 Å². The van der Waals surface area contributed by atoms with E-state index in [1.165, 1.54) is 4.72 Å². The monoisotopic (exact) mass is 272 g/mol. The number of nitrogens with two attached hydrogens (primary N) is 1. The van der Waals surface area contributed by atoms with Crippen LogP contribution in [0.4, 0.5) is 23.2 Å². The second kappa shape index (κ2) is 4.88. The Morgan fingerprint density at radius 1 is 1.24 bits per heavy atom. The highest BCUT2D eigenvalue weighted by Gasteiger charge is 2.22. The van der Waals surface area contributed by atoms with Crippen molar-refractivity contribution in [3.63, 3.8) is 0 Å². The number of sulfonamides is 1. The zero-order valence-electron chi connectivity index (χ0n) is 8.25. The highest BCUT2D eigenvalue weighted by molar-refractivity contribution is 7.89. The molecule has 0 aliphatic rings. The number of anilines is 1. The van der Waals surface area contributed by atoms with Gasteiger partial charge in [0.25, 0.3) is 6.43 Å². The van der Waals surface area contributed by atoms with E-state index in [4.69, 9.17) is 5.73 Å². The zero-order chi connectivity index (χ0) is 13.2. The predicted molar refractivity (Wildman–Crippen MR) is 52.0 cm³/mol. The van der Waals surface area contributed by atoms with Gasteiger partial charge in [0.05, 0.1) is 12.2 Å². The lowest BCUT2D eigenvalue weighted by Crippen LogP contribution is -2.29. The second-order valence-corrected chi connectivity index (χ2v) is 4.78. The average Bonchev–Trinajstić information content (AvgIpc) is 2.20. The molecule has 17 heavy (non-hydrogen) atoms. The van der Waals surface area contributed by atoms with Crippen LogP contribution in [0.1, 0.15) is 0 Å². The first-order valence-electron chi connectivity index (χ1n) is 4.26. The molecule has 0 spiro atoms. The molecule has 0 saturated carbocycles. The van der Waals surface area contributed by atoms with E-state index in [1.54, 1.807) is 0 Å². The first kappa shape index (κ1) is 13.7. The van der Waals surface area contributed by atoms with Crippen molar-refractivity contribution in [2.45, 2.75) is 11.3 Å². The maximum atomic E-state index is 13.1. The van der Waals surface area contributed by atoms with Crippen LogP contribution in [0.3, 0.4) is 0 Å². The summed E-state index contributed by atoms with van der Waals surface area (Å²) in [5.41, 5.74) is 4.47. The van der Waals surface area contributed by atoms with Crippen molar-refractivity contribution in [3.05, 3.63) is 23.8 Å². The van der Waals surface area contributed by atoms with E-state index in [0.29, 0.717) is 6.07 Å². The molecule has 96 valence electrons. The quantitative estimate of drug-likeness (QED) is 0.636. The van der Waals surface area contributed by atoms with Crippen LogP contribution in [0.25, 0.3) is 0 Å². The average molecular weight is 272 g/mol. The molecule has 0 amide bonds. The van der Waals surface area contributed by atoms with Crippen LogP contribution in [0, 0.1) is 11.6 Å². The first-order valence-corrected chi connectivity index (χ1v) is 5.74. The van der Waals surface area contributed by atoms with Gasteiger partial charge in [-0.2, -0.15) is 0 Å². The fourth-order valence-electron chi connectivity index (χ4n) is 1.00. The highest BCUT2D eigenvalue weighted by Crippen LogP contribution is 2.20. The predicted octanol–water partition coefficient (Wildman–Crippen LogP) is 1.09. The lowest BCUT2D eigenvalue weighted by atomic mass is 10.3. The summed E-state index contributed by atoms with van der Waals surface area (Å²) in [6.07, 6.45) is -2.93. The summed E-state index contributed by atoms with van der Waals surface area (Å²) in [7, 11) is -4.48. The molecule has 0 fully saturated rings. The highest BCUT2D eigenvalue weighted by atomic mass is 32.2. The molecule has 0 radical (unpaired) electrons. The fourth-order valence-corrected chi connectivity index (χ4v) is 2.10. The van der Waals surface area contributed by atoms with E-state index in [1.807, 2.05) is 0 Å². The maximum absolute atomic E-state index is 13.1. The fraction of sp³-hybridized carbons (Fsp3) is 0.250. The normalized spacial score (nSPS) is 12.1. The third-order valence-electron chi connectivity index (χ3n) is 1.77. The number of nitrogen functional groups attached to an aromatic ring is 1. The van der Waals surface area contributed by atoms with Crippen LogP contribution in [0.5, 0.6) is 0 Å². The standard InChI is InChI=1S/C8H8F4N2O2S/c9-4-1-5(10)7(2-6(4)13)17(15,16)14-3-8(11)12/h1-2,8,14H,3,13H2. The minimum atomic E-state index is -4.48. The van der Waals surface area contributed by atoms with Crippen molar-refractivity contribution in [2.75, 3.05) is 12.3 Å². The summed E-state index contributed by atoms with van der Waals surface area (Å²) in [6.45, 7) is -1.17. The van der Waals surface area contributed by atoms with Crippen molar-refractivity contribution in [1.29, 1.82) is 0 Å². The molecule has 1 rings (SSSR count). The third-order valence-corrected chi connectivity index (χ3v) is 3.21. The van der Waals surface area contributed by atoms with Crippen LogP contribution < -0.4 is 10.5 Å². The first-order chi connectivity index (χ1) is 7.74. The van der Waals surface area contributed by atoms with E-state index < -0.39 is 45.2 Å². The molecule has 3 N–H and O–H groups in total. The molecular formula is C8H8F4N2O2S. The molecule has 0 saturated heterocycles. The molecule has 1 aromatic carbocycles. The summed E-state index contributed by atoms with van der Waals surface area (Å²) >= 11 is 0. The van der Waals surface area contributed by atoms with Gasteiger partial charge in [-0.1, -0.05) is 0 Å². The molecule has 0 heterocycles. The smallest absolute Gasteiger partial charge is 0.251 e. The summed E-state index contributed by atoms with van der Waals surface area (Å²) in [5.74, 6) is -2.53. The Morgan fingerprint density at radius 2 is 1.82 bits per heavy atom. The molecule has 0 atom stereocenters. The molecule has 1 aromatic rings. The Labute approximate surface area is 94.5 Å². The number of halogens is 4. The number of rotatable bonds is 4. The van der Waals surface area contributed by atoms with E-state index in [2.05, 4.69) is 0 Å². The summed E-state index contributed by atoms with van der Waals surface area (Å²) < 4.78 is 73.7. The Balaban J connectivity index is 3.11. The van der Waals surface area contributed by atoms with Gasteiger partial charge in [-0.25, -0.2) is 30.7 Å². The number of hydrogen-bond donors (Lipinski definition) is 2. The zero-order valence-corrected chi connectivity index (χ0v) is 9.07. The second-order valence-electron chi connectivity index (χ2n) is 3.05. The van der Waals surface area contributed by atoms with Crippen molar-refractivity contribution >= 4 is 15.7 Å². The lowest BCUT2D eigenvalue weighted by Gasteiger charge is -2.08. The summed E-state index contributed by atoms with van der Waals surface area (Å²) in [4.78, 5) is -0.975. The Kier molecular flexibility index (Phi) is 3.94. The van der Waals surface area contributed by atoms with Crippen LogP contribution in [-0.2, 0) is 10.0 Å². The van der Waals surface area contributed by atoms with Gasteiger partial charge >= 0.3 is 0 Å². The molecule has 0 aliphatic carbocycles. The van der Waals surface area contributed by atoms with Crippen LogP contribution >= 0.6 is 0 Å². The van der Waals surface area contributed by atoms with Crippen molar-refractivity contribution in [2.24, 2.45) is 0 Å². The number of alkyl halides is 2. The number of benzene rings is 1. The Morgan fingerprint density at radius 3 is 2.35 bits per heavy atom. The molecular weight excluding hydrogens is 264 g/mol. The molecule has 0 unspecified atom stereocenters. The summed E-state index contributed by atoms with van der Waals surface area (Å²) in [5, 5.41) is 0. The lowest BCUT2D eigenvalue weighted by molar-refractivity contribution is 0.153. The van der Waals surface area contributed by atoms with Gasteiger partial charge in [0.1, 0.15) is 16.5 Å². The minimum absolute atomic E-state index is 0.270. The SMILES string of the molecule is Nc1cc(S(=O)(=O)NCC(F)F)c(F)cc1F. The van der Waals surface area contributed by atoms with Crippen molar-refractivity contribution in [3.8, 4) is 0 Å². The number of nitrogens with one attached hydrogen (secondary N) is 1. The van der Waals surface area contributed by atoms with Crippen molar-refractivity contribution in [1.82, 2.24) is 4.72 Å². The van der Waals surface area contributed by atoms with E-state index in [-0.39, 0.29) is 6.07 Å². The van der Waals surface area contributed by atoms with Gasteiger partial charge in [0.15, 0.2) is 0 Å². The molecule has 4 nitrogen and oxygen atoms in total. The molecule has 0 aromatic heterocycles. The van der Waals surface area contributed by atoms with Gasteiger partial charge in [0, 0.05) is 6.07 Å². The largest absolute Gasteiger partial charge is 0.396 e. The van der Waals surface area contributed by atoms with E-state index in [9.17, 15) is 26.0 Å². The van der Waals surface area contributed by atoms with Gasteiger partial charge < -0.3 is 5.73 Å². The summed E-state index contributed by atoms with van der Waals surface area (Å²) in [6, 6.07) is 0.796.